The molecule has 2 aromatic rings. The summed E-state index contributed by atoms with van der Waals surface area (Å²) >= 11 is 5.84. The molecule has 182 valence electrons. The molecular weight excluding hydrogens is 478 g/mol. The van der Waals surface area contributed by atoms with E-state index in [1.165, 1.54) is 24.4 Å². The molecule has 4 rings (SSSR count). The highest BCUT2D eigenvalue weighted by Crippen LogP contribution is 2.37. The zero-order chi connectivity index (χ0) is 24.6. The lowest BCUT2D eigenvalue weighted by molar-refractivity contribution is -0.191. The number of pyridine rings is 1. The Labute approximate surface area is 197 Å². The first-order chi connectivity index (χ1) is 16.0. The minimum atomic E-state index is -4.76. The predicted octanol–water partition coefficient (Wildman–Crippen LogP) is 3.44. The number of hydrogen-bond acceptors (Lipinski definition) is 4. The lowest BCUT2D eigenvalue weighted by atomic mass is 10.0. The molecule has 1 saturated heterocycles. The van der Waals surface area contributed by atoms with E-state index >= 15 is 0 Å². The molecule has 34 heavy (non-hydrogen) atoms. The highest BCUT2D eigenvalue weighted by atomic mass is 35.5. The van der Waals surface area contributed by atoms with Crippen molar-refractivity contribution in [2.45, 2.75) is 31.1 Å². The second-order valence-corrected chi connectivity index (χ2v) is 8.81. The fourth-order valence-electron chi connectivity index (χ4n) is 4.36. The van der Waals surface area contributed by atoms with Gasteiger partial charge in [-0.1, -0.05) is 17.7 Å². The molecule has 3 amide bonds. The Balaban J connectivity index is 1.46. The van der Waals surface area contributed by atoms with Gasteiger partial charge >= 0.3 is 12.2 Å². The third-order valence-electron chi connectivity index (χ3n) is 6.06. The molecule has 2 atom stereocenters. The van der Waals surface area contributed by atoms with Crippen LogP contribution in [0.5, 0.6) is 0 Å². The van der Waals surface area contributed by atoms with Crippen LogP contribution in [-0.2, 0) is 17.6 Å². The third kappa shape index (κ3) is 4.89. The number of carbonyl (C=O) groups is 2. The number of amides is 3. The summed E-state index contributed by atoms with van der Waals surface area (Å²) in [6.45, 7) is -0.100. The van der Waals surface area contributed by atoms with Crippen LogP contribution in [0, 0.1) is 11.7 Å². The van der Waals surface area contributed by atoms with Gasteiger partial charge in [-0.05, 0) is 42.2 Å². The van der Waals surface area contributed by atoms with Crippen molar-refractivity contribution in [3.8, 4) is 0 Å². The van der Waals surface area contributed by atoms with E-state index in [4.69, 9.17) is 11.6 Å². The first-order valence-electron chi connectivity index (χ1n) is 10.6. The number of nitrogens with zero attached hydrogens (tertiary/aromatic N) is 2. The van der Waals surface area contributed by atoms with Crippen LogP contribution in [0.15, 0.2) is 30.5 Å². The Bertz CT molecular complexity index is 1090. The van der Waals surface area contributed by atoms with Gasteiger partial charge in [0, 0.05) is 26.2 Å². The molecular formula is C22H22ClF4N5O2. The van der Waals surface area contributed by atoms with Gasteiger partial charge in [-0.3, -0.25) is 9.78 Å². The second-order valence-electron chi connectivity index (χ2n) is 8.40. The van der Waals surface area contributed by atoms with Crippen LogP contribution in [0.1, 0.15) is 22.9 Å². The Hall–Kier alpha value is -3.08. The Morgan fingerprint density at radius 1 is 1.21 bits per heavy atom. The third-order valence-corrected chi connectivity index (χ3v) is 6.35. The van der Waals surface area contributed by atoms with Crippen LogP contribution >= 0.6 is 11.6 Å². The number of anilines is 1. The van der Waals surface area contributed by atoms with Crippen molar-refractivity contribution in [1.29, 1.82) is 0 Å². The van der Waals surface area contributed by atoms with Crippen LogP contribution in [0.3, 0.4) is 0 Å². The maximum Gasteiger partial charge on any atom is 0.414 e. The molecule has 0 spiro atoms. The van der Waals surface area contributed by atoms with Gasteiger partial charge in [0.1, 0.15) is 5.82 Å². The minimum Gasteiger partial charge on any atom is -0.380 e. The van der Waals surface area contributed by atoms with E-state index in [-0.39, 0.29) is 29.8 Å². The molecule has 12 heteroatoms. The average Bonchev–Trinajstić information content (AvgIpc) is 3.20. The van der Waals surface area contributed by atoms with E-state index in [0.717, 1.165) is 12.6 Å². The maximum absolute atomic E-state index is 14.2. The smallest absolute Gasteiger partial charge is 0.380 e. The highest BCUT2D eigenvalue weighted by molar-refractivity contribution is 6.30. The van der Waals surface area contributed by atoms with Crippen molar-refractivity contribution in [2.75, 3.05) is 25.5 Å². The van der Waals surface area contributed by atoms with Crippen LogP contribution in [0.2, 0.25) is 5.02 Å². The van der Waals surface area contributed by atoms with Crippen molar-refractivity contribution in [2.24, 2.45) is 5.92 Å². The number of nitrogens with one attached hydrogen (secondary N) is 3. The van der Waals surface area contributed by atoms with Crippen LogP contribution in [0.25, 0.3) is 0 Å². The summed E-state index contributed by atoms with van der Waals surface area (Å²) in [5, 5.41) is 8.03. The number of halogens is 5. The Morgan fingerprint density at radius 3 is 2.53 bits per heavy atom. The fourth-order valence-corrected chi connectivity index (χ4v) is 4.54. The molecule has 1 aliphatic carbocycles. The summed E-state index contributed by atoms with van der Waals surface area (Å²) < 4.78 is 56.0. The van der Waals surface area contributed by atoms with E-state index in [0.29, 0.717) is 29.0 Å². The van der Waals surface area contributed by atoms with Gasteiger partial charge in [0.25, 0.3) is 0 Å². The summed E-state index contributed by atoms with van der Waals surface area (Å²) in [6, 6.07) is 3.04. The molecule has 1 aromatic heterocycles. The molecule has 1 aromatic carbocycles. The normalized spacial score (nSPS) is 19.1. The number of fused-ring (bicyclic) bond motifs is 1. The van der Waals surface area contributed by atoms with Gasteiger partial charge in [0.15, 0.2) is 6.04 Å². The van der Waals surface area contributed by atoms with Crippen molar-refractivity contribution in [3.05, 3.63) is 58.1 Å². The topological polar surface area (TPSA) is 86.4 Å². The monoisotopic (exact) mass is 499 g/mol. The zero-order valence-electron chi connectivity index (χ0n) is 18.0. The average molecular weight is 500 g/mol. The van der Waals surface area contributed by atoms with Gasteiger partial charge < -0.3 is 20.9 Å². The largest absolute Gasteiger partial charge is 0.414 e. The number of alkyl halides is 3. The fraction of sp³-hybridized carbons (Fsp3) is 0.409. The van der Waals surface area contributed by atoms with E-state index in [1.807, 2.05) is 0 Å². The molecule has 1 aliphatic heterocycles. The van der Waals surface area contributed by atoms with Gasteiger partial charge in [0.05, 0.1) is 28.5 Å². The van der Waals surface area contributed by atoms with Gasteiger partial charge in [0.2, 0.25) is 5.91 Å². The van der Waals surface area contributed by atoms with Crippen molar-refractivity contribution in [1.82, 2.24) is 20.5 Å². The number of rotatable bonds is 5. The van der Waals surface area contributed by atoms with E-state index in [1.54, 1.807) is 6.07 Å². The summed E-state index contributed by atoms with van der Waals surface area (Å²) in [6.07, 6.45) is -2.57. The van der Waals surface area contributed by atoms with Gasteiger partial charge in [-0.15, -0.1) is 0 Å². The van der Waals surface area contributed by atoms with Crippen molar-refractivity contribution < 1.29 is 27.2 Å². The summed E-state index contributed by atoms with van der Waals surface area (Å²) in [5.74, 6) is -2.04. The minimum absolute atomic E-state index is 0.0497. The Morgan fingerprint density at radius 2 is 1.91 bits per heavy atom. The predicted molar refractivity (Wildman–Crippen MR) is 117 cm³/mol. The van der Waals surface area contributed by atoms with Crippen LogP contribution in [0.4, 0.5) is 28.0 Å². The number of aromatic nitrogens is 1. The molecule has 1 unspecified atom stereocenters. The molecule has 7 nitrogen and oxygen atoms in total. The molecule has 2 heterocycles. The molecule has 1 fully saturated rings. The van der Waals surface area contributed by atoms with E-state index < -0.39 is 35.9 Å². The lowest BCUT2D eigenvalue weighted by Gasteiger charge is -2.33. The highest BCUT2D eigenvalue weighted by Gasteiger charge is 2.47. The van der Waals surface area contributed by atoms with Crippen LogP contribution in [-0.4, -0.2) is 54.2 Å². The molecule has 2 aliphatic rings. The molecule has 0 saturated carbocycles. The molecule has 0 radical (unpaired) electrons. The Kier molecular flexibility index (Phi) is 6.57. The van der Waals surface area contributed by atoms with Crippen molar-refractivity contribution >= 4 is 29.2 Å². The second kappa shape index (κ2) is 9.28. The van der Waals surface area contributed by atoms with Gasteiger partial charge in [-0.2, -0.15) is 13.2 Å². The van der Waals surface area contributed by atoms with Crippen LogP contribution < -0.4 is 16.0 Å². The number of benzene rings is 1. The number of hydrogen-bond donors (Lipinski definition) is 3. The number of carbonyl (C=O) groups excluding carboxylic acids is 2. The van der Waals surface area contributed by atoms with E-state index in [9.17, 15) is 27.2 Å². The number of urea groups is 1. The standard InChI is InChI=1S/C22H22ClF4N5O2/c1-32(20(33)12-8-29-21(34)30-9-12)19(22(25,26)27)17-5-3-13(10-28-17)31-14-6-11-2-4-16(23)18(24)15(11)7-14/h2-5,10,12,14,19,31H,6-9H2,1H3,(H2,29,30,34)/t14?,19-/m0/s1. The van der Waals surface area contributed by atoms with E-state index in [2.05, 4.69) is 20.9 Å². The first kappa shape index (κ1) is 24.1. The first-order valence-corrected chi connectivity index (χ1v) is 11.0. The lowest BCUT2D eigenvalue weighted by Crippen LogP contribution is -2.54. The summed E-state index contributed by atoms with van der Waals surface area (Å²) in [7, 11) is 1.07. The molecule has 0 bridgehead atoms. The maximum atomic E-state index is 14.2. The van der Waals surface area contributed by atoms with Crippen molar-refractivity contribution in [3.63, 3.8) is 0 Å². The quantitative estimate of drug-likeness (QED) is 0.550. The SMILES string of the molecule is CN(C(=O)C1CNC(=O)NC1)[C@@H](c1ccc(NC2Cc3ccc(Cl)c(F)c3C2)cn1)C(F)(F)F. The summed E-state index contributed by atoms with van der Waals surface area (Å²) in [4.78, 5) is 28.5. The zero-order valence-corrected chi connectivity index (χ0v) is 18.8. The summed E-state index contributed by atoms with van der Waals surface area (Å²) in [5.41, 5.74) is 1.49. The van der Waals surface area contributed by atoms with Gasteiger partial charge in [-0.25, -0.2) is 9.18 Å². The molecule has 3 N–H and O–H groups in total.